The zero-order chi connectivity index (χ0) is 11.8. The quantitative estimate of drug-likeness (QED) is 0.894. The van der Waals surface area contributed by atoms with Gasteiger partial charge in [-0.2, -0.15) is 0 Å². The third kappa shape index (κ3) is 2.14. The molecule has 17 heavy (non-hydrogen) atoms. The lowest BCUT2D eigenvalue weighted by molar-refractivity contribution is 0.101. The first-order chi connectivity index (χ1) is 8.28. The van der Waals surface area contributed by atoms with Crippen LogP contribution in [0, 0.1) is 6.92 Å². The topological polar surface area (TPSA) is 34.1 Å². The molecule has 3 heterocycles. The van der Waals surface area contributed by atoms with E-state index in [1.807, 2.05) is 11.3 Å². The highest BCUT2D eigenvalue weighted by molar-refractivity contribution is 7.11. The van der Waals surface area contributed by atoms with Crippen molar-refractivity contribution < 1.29 is 4.74 Å². The van der Waals surface area contributed by atoms with Crippen molar-refractivity contribution >= 4 is 11.3 Å². The van der Waals surface area contributed by atoms with Gasteiger partial charge in [0.05, 0.1) is 22.9 Å². The molecule has 0 radical (unpaired) electrons. The Kier molecular flexibility index (Phi) is 3.19. The van der Waals surface area contributed by atoms with Gasteiger partial charge in [0.25, 0.3) is 0 Å². The highest BCUT2D eigenvalue weighted by atomic mass is 32.1. The van der Waals surface area contributed by atoms with E-state index in [1.54, 1.807) is 0 Å². The van der Waals surface area contributed by atoms with Crippen LogP contribution in [0.2, 0.25) is 0 Å². The van der Waals surface area contributed by atoms with Gasteiger partial charge >= 0.3 is 0 Å². The maximum absolute atomic E-state index is 5.92. The minimum atomic E-state index is 0.456. The normalized spacial score (nSPS) is 31.3. The summed E-state index contributed by atoms with van der Waals surface area (Å²) in [4.78, 5) is 6.16. The van der Waals surface area contributed by atoms with Crippen LogP contribution in [-0.4, -0.2) is 23.7 Å². The van der Waals surface area contributed by atoms with Gasteiger partial charge in [-0.25, -0.2) is 4.98 Å². The Morgan fingerprint density at radius 1 is 1.47 bits per heavy atom. The third-order valence-corrected chi connectivity index (χ3v) is 5.16. The SMILES string of the molecule is CCNCc1sc(C2CC3CCC2O3)nc1C. The molecule has 0 aliphatic carbocycles. The van der Waals surface area contributed by atoms with Gasteiger partial charge in [-0.3, -0.25) is 0 Å². The summed E-state index contributed by atoms with van der Waals surface area (Å²) in [5, 5.41) is 4.69. The van der Waals surface area contributed by atoms with Gasteiger partial charge in [-0.05, 0) is 32.7 Å². The van der Waals surface area contributed by atoms with Crippen LogP contribution in [0.3, 0.4) is 0 Å². The maximum Gasteiger partial charge on any atom is 0.0989 e. The zero-order valence-corrected chi connectivity index (χ0v) is 11.3. The molecule has 3 rings (SSSR count). The van der Waals surface area contributed by atoms with Crippen LogP contribution >= 0.6 is 11.3 Å². The number of nitrogens with zero attached hydrogens (tertiary/aromatic N) is 1. The van der Waals surface area contributed by atoms with Crippen molar-refractivity contribution in [1.29, 1.82) is 0 Å². The van der Waals surface area contributed by atoms with Crippen molar-refractivity contribution in [2.45, 2.75) is 57.8 Å². The summed E-state index contributed by atoms with van der Waals surface area (Å²) in [5.74, 6) is 0.577. The van der Waals surface area contributed by atoms with Crippen molar-refractivity contribution in [1.82, 2.24) is 10.3 Å². The molecule has 94 valence electrons. The Balaban J connectivity index is 1.75. The summed E-state index contributed by atoms with van der Waals surface area (Å²) in [6.07, 6.45) is 4.66. The van der Waals surface area contributed by atoms with Crippen molar-refractivity contribution in [3.63, 3.8) is 0 Å². The second-order valence-corrected chi connectivity index (χ2v) is 6.17. The predicted molar refractivity (Wildman–Crippen MR) is 69.5 cm³/mol. The second-order valence-electron chi connectivity index (χ2n) is 5.06. The average Bonchev–Trinajstić information content (AvgIpc) is 3.01. The van der Waals surface area contributed by atoms with Crippen molar-refractivity contribution in [3.05, 3.63) is 15.6 Å². The van der Waals surface area contributed by atoms with Crippen molar-refractivity contribution in [2.24, 2.45) is 0 Å². The van der Waals surface area contributed by atoms with E-state index in [1.165, 1.54) is 34.8 Å². The Labute approximate surface area is 107 Å². The van der Waals surface area contributed by atoms with Gasteiger partial charge in [0.1, 0.15) is 0 Å². The van der Waals surface area contributed by atoms with E-state index in [9.17, 15) is 0 Å². The van der Waals surface area contributed by atoms with Crippen LogP contribution in [0.1, 0.15) is 47.7 Å². The minimum Gasteiger partial charge on any atom is -0.374 e. The molecular formula is C13H20N2OS. The van der Waals surface area contributed by atoms with Gasteiger partial charge in [-0.15, -0.1) is 11.3 Å². The van der Waals surface area contributed by atoms with Crippen LogP contribution in [0.4, 0.5) is 0 Å². The fourth-order valence-electron chi connectivity index (χ4n) is 2.91. The number of hydrogen-bond donors (Lipinski definition) is 1. The highest BCUT2D eigenvalue weighted by Crippen LogP contribution is 2.45. The number of ether oxygens (including phenoxy) is 1. The number of aryl methyl sites for hydroxylation is 1. The largest absolute Gasteiger partial charge is 0.374 e. The van der Waals surface area contributed by atoms with E-state index < -0.39 is 0 Å². The van der Waals surface area contributed by atoms with E-state index in [0.717, 1.165) is 13.1 Å². The van der Waals surface area contributed by atoms with Crippen LogP contribution in [0.5, 0.6) is 0 Å². The van der Waals surface area contributed by atoms with Crippen molar-refractivity contribution in [3.8, 4) is 0 Å². The van der Waals surface area contributed by atoms with Crippen molar-refractivity contribution in [2.75, 3.05) is 6.54 Å². The Morgan fingerprint density at radius 3 is 3.00 bits per heavy atom. The zero-order valence-electron chi connectivity index (χ0n) is 10.5. The Morgan fingerprint density at radius 2 is 2.35 bits per heavy atom. The first-order valence-corrected chi connectivity index (χ1v) is 7.42. The van der Waals surface area contributed by atoms with E-state index in [0.29, 0.717) is 18.1 Å². The molecule has 2 fully saturated rings. The third-order valence-electron chi connectivity index (χ3n) is 3.87. The van der Waals surface area contributed by atoms with Gasteiger partial charge < -0.3 is 10.1 Å². The first kappa shape index (κ1) is 11.6. The Hall–Kier alpha value is -0.450. The van der Waals surface area contributed by atoms with Gasteiger partial charge in [0, 0.05) is 17.3 Å². The minimum absolute atomic E-state index is 0.456. The summed E-state index contributed by atoms with van der Waals surface area (Å²) >= 11 is 1.88. The van der Waals surface area contributed by atoms with Gasteiger partial charge in [-0.1, -0.05) is 6.92 Å². The Bertz CT molecular complexity index is 404. The summed E-state index contributed by atoms with van der Waals surface area (Å²) in [5.41, 5.74) is 1.20. The summed E-state index contributed by atoms with van der Waals surface area (Å²) in [6, 6.07) is 0. The number of fused-ring (bicyclic) bond motifs is 2. The number of thiazole rings is 1. The molecule has 2 bridgehead atoms. The molecule has 1 N–H and O–H groups in total. The molecule has 0 amide bonds. The molecule has 3 unspecified atom stereocenters. The molecular weight excluding hydrogens is 232 g/mol. The smallest absolute Gasteiger partial charge is 0.0989 e. The molecule has 3 atom stereocenters. The number of nitrogens with one attached hydrogen (secondary N) is 1. The molecule has 0 saturated carbocycles. The maximum atomic E-state index is 5.92. The van der Waals surface area contributed by atoms with E-state index in [-0.39, 0.29) is 0 Å². The summed E-state index contributed by atoms with van der Waals surface area (Å²) in [7, 11) is 0. The van der Waals surface area contributed by atoms with E-state index >= 15 is 0 Å². The van der Waals surface area contributed by atoms with Crippen LogP contribution < -0.4 is 5.32 Å². The van der Waals surface area contributed by atoms with Crippen LogP contribution in [0.15, 0.2) is 0 Å². The molecule has 1 aromatic rings. The molecule has 4 heteroatoms. The monoisotopic (exact) mass is 252 g/mol. The molecule has 2 aliphatic rings. The van der Waals surface area contributed by atoms with Gasteiger partial charge in [0.15, 0.2) is 0 Å². The summed E-state index contributed by atoms with van der Waals surface area (Å²) in [6.45, 7) is 6.24. The molecule has 2 saturated heterocycles. The second kappa shape index (κ2) is 4.67. The number of aromatic nitrogens is 1. The fourth-order valence-corrected chi connectivity index (χ4v) is 4.11. The highest BCUT2D eigenvalue weighted by Gasteiger charge is 2.42. The standard InChI is InChI=1S/C13H20N2OS/c1-3-14-7-12-8(2)15-13(17-12)10-6-9-4-5-11(10)16-9/h9-11,14H,3-7H2,1-2H3. The lowest BCUT2D eigenvalue weighted by Crippen LogP contribution is -2.13. The molecule has 3 nitrogen and oxygen atoms in total. The molecule has 0 spiro atoms. The van der Waals surface area contributed by atoms with E-state index in [2.05, 4.69) is 19.2 Å². The number of rotatable bonds is 4. The molecule has 1 aromatic heterocycles. The molecule has 0 aromatic carbocycles. The van der Waals surface area contributed by atoms with E-state index in [4.69, 9.17) is 9.72 Å². The summed E-state index contributed by atoms with van der Waals surface area (Å²) < 4.78 is 5.92. The van der Waals surface area contributed by atoms with Crippen LogP contribution in [-0.2, 0) is 11.3 Å². The van der Waals surface area contributed by atoms with Crippen LogP contribution in [0.25, 0.3) is 0 Å². The lowest BCUT2D eigenvalue weighted by atomic mass is 9.90. The number of hydrogen-bond acceptors (Lipinski definition) is 4. The predicted octanol–water partition coefficient (Wildman–Crippen LogP) is 2.60. The van der Waals surface area contributed by atoms with Gasteiger partial charge in [0.2, 0.25) is 0 Å². The fraction of sp³-hybridized carbons (Fsp3) is 0.769. The molecule has 2 aliphatic heterocycles. The first-order valence-electron chi connectivity index (χ1n) is 6.60. The average molecular weight is 252 g/mol. The lowest BCUT2D eigenvalue weighted by Gasteiger charge is -2.15.